The van der Waals surface area contributed by atoms with Gasteiger partial charge < -0.3 is 10.2 Å². The zero-order valence-electron chi connectivity index (χ0n) is 11.7. The number of rotatable bonds is 4. The first-order valence-electron chi connectivity index (χ1n) is 6.83. The summed E-state index contributed by atoms with van der Waals surface area (Å²) in [6.45, 7) is 4.29. The van der Waals surface area contributed by atoms with Crippen molar-refractivity contribution in [3.63, 3.8) is 0 Å². The normalized spacial score (nSPS) is 22.6. The summed E-state index contributed by atoms with van der Waals surface area (Å²) in [4.78, 5) is 13.3. The molecule has 1 saturated heterocycles. The van der Waals surface area contributed by atoms with E-state index in [4.69, 9.17) is 0 Å². The van der Waals surface area contributed by atoms with Crippen LogP contribution in [0.2, 0.25) is 0 Å². The highest BCUT2D eigenvalue weighted by atomic mass is 16.6. The van der Waals surface area contributed by atoms with Gasteiger partial charge in [-0.05, 0) is 38.3 Å². The van der Waals surface area contributed by atoms with E-state index in [1.54, 1.807) is 13.1 Å². The minimum absolute atomic E-state index is 0.192. The summed E-state index contributed by atoms with van der Waals surface area (Å²) >= 11 is 0. The average Bonchev–Trinajstić information content (AvgIpc) is 2.78. The smallest absolute Gasteiger partial charge is 0.315 e. The standard InChI is InChI=1S/C14H21N3O2/c1-4-11-9-8-10(2)16(11)13-7-5-6-12(15-3)14(13)17(18)19/h5-7,10-11,15H,4,8-9H2,1-3H3. The van der Waals surface area contributed by atoms with Gasteiger partial charge in [0.05, 0.1) is 4.92 Å². The topological polar surface area (TPSA) is 58.4 Å². The second-order valence-corrected chi connectivity index (χ2v) is 5.08. The van der Waals surface area contributed by atoms with Gasteiger partial charge in [0, 0.05) is 19.1 Å². The Hall–Kier alpha value is -1.78. The predicted octanol–water partition coefficient (Wildman–Crippen LogP) is 3.40. The van der Waals surface area contributed by atoms with E-state index in [1.807, 2.05) is 12.1 Å². The van der Waals surface area contributed by atoms with Crippen LogP contribution in [0.3, 0.4) is 0 Å². The average molecular weight is 263 g/mol. The Labute approximate surface area is 113 Å². The molecule has 0 bridgehead atoms. The third-order valence-corrected chi connectivity index (χ3v) is 4.00. The van der Waals surface area contributed by atoms with E-state index in [-0.39, 0.29) is 10.6 Å². The molecule has 1 aromatic carbocycles. The number of hydrogen-bond donors (Lipinski definition) is 1. The second kappa shape index (κ2) is 5.47. The first-order chi connectivity index (χ1) is 9.10. The molecule has 1 aromatic rings. The van der Waals surface area contributed by atoms with Gasteiger partial charge in [-0.2, -0.15) is 0 Å². The lowest BCUT2D eigenvalue weighted by Gasteiger charge is -2.30. The lowest BCUT2D eigenvalue weighted by Crippen LogP contribution is -2.34. The van der Waals surface area contributed by atoms with Crippen molar-refractivity contribution in [2.45, 2.75) is 45.2 Å². The van der Waals surface area contributed by atoms with Crippen LogP contribution in [0.4, 0.5) is 17.1 Å². The molecule has 0 aliphatic carbocycles. The van der Waals surface area contributed by atoms with E-state index in [1.165, 1.54) is 0 Å². The van der Waals surface area contributed by atoms with Crippen LogP contribution in [0.5, 0.6) is 0 Å². The molecule has 2 atom stereocenters. The van der Waals surface area contributed by atoms with Crippen LogP contribution in [0, 0.1) is 10.1 Å². The summed E-state index contributed by atoms with van der Waals surface area (Å²) in [6, 6.07) is 6.26. The number of hydrogen-bond acceptors (Lipinski definition) is 4. The highest BCUT2D eigenvalue weighted by molar-refractivity contribution is 5.77. The molecular formula is C14H21N3O2. The summed E-state index contributed by atoms with van der Waals surface area (Å²) in [5.41, 5.74) is 1.52. The van der Waals surface area contributed by atoms with Crippen molar-refractivity contribution in [1.82, 2.24) is 0 Å². The van der Waals surface area contributed by atoms with Gasteiger partial charge in [0.2, 0.25) is 0 Å². The van der Waals surface area contributed by atoms with Crippen molar-refractivity contribution < 1.29 is 4.92 Å². The Morgan fingerprint density at radius 1 is 1.47 bits per heavy atom. The van der Waals surface area contributed by atoms with Crippen molar-refractivity contribution >= 4 is 17.1 Å². The van der Waals surface area contributed by atoms with Gasteiger partial charge in [0.1, 0.15) is 11.4 Å². The lowest BCUT2D eigenvalue weighted by atomic mass is 10.1. The van der Waals surface area contributed by atoms with Crippen LogP contribution in [0.1, 0.15) is 33.1 Å². The van der Waals surface area contributed by atoms with Crippen LogP contribution in [0.15, 0.2) is 18.2 Å². The Balaban J connectivity index is 2.52. The number of nitrogens with one attached hydrogen (secondary N) is 1. The summed E-state index contributed by atoms with van der Waals surface area (Å²) in [5.74, 6) is 0. The van der Waals surface area contributed by atoms with Crippen LogP contribution >= 0.6 is 0 Å². The van der Waals surface area contributed by atoms with Crippen LogP contribution in [-0.2, 0) is 0 Å². The van der Waals surface area contributed by atoms with Gasteiger partial charge in [-0.1, -0.05) is 13.0 Å². The molecule has 2 rings (SSSR count). The minimum atomic E-state index is -0.279. The van der Waals surface area contributed by atoms with Crippen molar-refractivity contribution in [2.24, 2.45) is 0 Å². The Morgan fingerprint density at radius 2 is 2.21 bits per heavy atom. The van der Waals surface area contributed by atoms with Crippen molar-refractivity contribution in [1.29, 1.82) is 0 Å². The molecular weight excluding hydrogens is 242 g/mol. The van der Waals surface area contributed by atoms with Gasteiger partial charge >= 0.3 is 5.69 Å². The molecule has 1 aliphatic rings. The molecule has 1 aliphatic heterocycles. The lowest BCUT2D eigenvalue weighted by molar-refractivity contribution is -0.383. The van der Waals surface area contributed by atoms with E-state index >= 15 is 0 Å². The summed E-state index contributed by atoms with van der Waals surface area (Å²) < 4.78 is 0. The number of nitrogens with zero attached hydrogens (tertiary/aromatic N) is 2. The summed E-state index contributed by atoms with van der Waals surface area (Å²) in [7, 11) is 1.72. The number of benzene rings is 1. The molecule has 1 fully saturated rings. The first-order valence-corrected chi connectivity index (χ1v) is 6.83. The van der Waals surface area contributed by atoms with Crippen LogP contribution in [-0.4, -0.2) is 24.1 Å². The van der Waals surface area contributed by atoms with Crippen molar-refractivity contribution in [3.8, 4) is 0 Å². The maximum absolute atomic E-state index is 11.4. The number of nitro groups is 1. The first kappa shape index (κ1) is 13.6. The molecule has 1 heterocycles. The summed E-state index contributed by atoms with van der Waals surface area (Å²) in [6.07, 6.45) is 3.23. The Morgan fingerprint density at radius 3 is 2.79 bits per heavy atom. The largest absolute Gasteiger partial charge is 0.382 e. The molecule has 1 N–H and O–H groups in total. The SMILES string of the molecule is CCC1CCC(C)N1c1cccc(NC)c1[N+](=O)[O-]. The van der Waals surface area contributed by atoms with Crippen molar-refractivity contribution in [2.75, 3.05) is 17.3 Å². The Bertz CT molecular complexity index is 476. The molecule has 104 valence electrons. The maximum Gasteiger partial charge on any atom is 0.315 e. The molecule has 0 amide bonds. The zero-order valence-corrected chi connectivity index (χ0v) is 11.7. The van der Waals surface area contributed by atoms with E-state index in [0.717, 1.165) is 24.9 Å². The molecule has 0 radical (unpaired) electrons. The quantitative estimate of drug-likeness (QED) is 0.668. The van der Waals surface area contributed by atoms with Gasteiger partial charge in [0.15, 0.2) is 0 Å². The molecule has 0 saturated carbocycles. The van der Waals surface area contributed by atoms with E-state index < -0.39 is 0 Å². The molecule has 5 nitrogen and oxygen atoms in total. The van der Waals surface area contributed by atoms with Crippen LogP contribution in [0.25, 0.3) is 0 Å². The molecule has 2 unspecified atom stereocenters. The summed E-state index contributed by atoms with van der Waals surface area (Å²) in [5, 5.41) is 14.3. The highest BCUT2D eigenvalue weighted by Crippen LogP contribution is 2.41. The van der Waals surface area contributed by atoms with Gasteiger partial charge in [-0.15, -0.1) is 0 Å². The fourth-order valence-electron chi connectivity index (χ4n) is 3.04. The van der Waals surface area contributed by atoms with Gasteiger partial charge in [0.25, 0.3) is 0 Å². The maximum atomic E-state index is 11.4. The molecule has 5 heteroatoms. The highest BCUT2D eigenvalue weighted by Gasteiger charge is 2.34. The minimum Gasteiger partial charge on any atom is -0.382 e. The fraction of sp³-hybridized carbons (Fsp3) is 0.571. The van der Waals surface area contributed by atoms with E-state index in [2.05, 4.69) is 24.1 Å². The van der Waals surface area contributed by atoms with Crippen molar-refractivity contribution in [3.05, 3.63) is 28.3 Å². The van der Waals surface area contributed by atoms with E-state index in [0.29, 0.717) is 17.8 Å². The fourth-order valence-corrected chi connectivity index (χ4v) is 3.04. The monoisotopic (exact) mass is 263 g/mol. The zero-order chi connectivity index (χ0) is 14.0. The molecule has 0 spiro atoms. The van der Waals surface area contributed by atoms with Gasteiger partial charge in [-0.25, -0.2) is 0 Å². The number of para-hydroxylation sites is 1. The molecule has 19 heavy (non-hydrogen) atoms. The van der Waals surface area contributed by atoms with E-state index in [9.17, 15) is 10.1 Å². The van der Waals surface area contributed by atoms with Gasteiger partial charge in [-0.3, -0.25) is 10.1 Å². The predicted molar refractivity (Wildman–Crippen MR) is 77.9 cm³/mol. The Kier molecular flexibility index (Phi) is 3.93. The molecule has 0 aromatic heterocycles. The number of anilines is 2. The second-order valence-electron chi connectivity index (χ2n) is 5.08. The third kappa shape index (κ3) is 2.37. The third-order valence-electron chi connectivity index (χ3n) is 4.00. The van der Waals surface area contributed by atoms with Crippen LogP contribution < -0.4 is 10.2 Å². The number of nitro benzene ring substituents is 1.